The minimum atomic E-state index is -3.15. The highest BCUT2D eigenvalue weighted by molar-refractivity contribution is 7.89. The van der Waals surface area contributed by atoms with Crippen LogP contribution in [0.15, 0.2) is 54.6 Å². The van der Waals surface area contributed by atoms with Gasteiger partial charge in [0, 0.05) is 6.26 Å². The molecule has 29 heavy (non-hydrogen) atoms. The van der Waals surface area contributed by atoms with Gasteiger partial charge in [0.1, 0.15) is 0 Å². The van der Waals surface area contributed by atoms with Crippen molar-refractivity contribution in [3.63, 3.8) is 0 Å². The van der Waals surface area contributed by atoms with E-state index in [9.17, 15) is 18.0 Å². The summed E-state index contributed by atoms with van der Waals surface area (Å²) < 4.78 is 28.0. The van der Waals surface area contributed by atoms with E-state index in [1.807, 2.05) is 37.3 Å². The van der Waals surface area contributed by atoms with Gasteiger partial charge in [0.15, 0.2) is 15.9 Å². The summed E-state index contributed by atoms with van der Waals surface area (Å²) in [6, 6.07) is 15.6. The second-order valence-electron chi connectivity index (χ2n) is 7.08. The van der Waals surface area contributed by atoms with Crippen molar-refractivity contribution in [3.05, 3.63) is 71.3 Å². The second kappa shape index (κ2) is 10.2. The molecule has 0 spiro atoms. The molecule has 0 saturated heterocycles. The van der Waals surface area contributed by atoms with Crippen LogP contribution in [0.25, 0.3) is 0 Å². The zero-order valence-corrected chi connectivity index (χ0v) is 17.7. The molecule has 0 aromatic heterocycles. The van der Waals surface area contributed by atoms with Crippen molar-refractivity contribution in [2.24, 2.45) is 0 Å². The van der Waals surface area contributed by atoms with Gasteiger partial charge in [-0.05, 0) is 36.6 Å². The summed E-state index contributed by atoms with van der Waals surface area (Å²) in [5.41, 5.74) is 1.85. The Morgan fingerprint density at radius 3 is 2.21 bits per heavy atom. The van der Waals surface area contributed by atoms with Gasteiger partial charge < -0.3 is 10.1 Å². The molecular formula is C22H27NO5S. The van der Waals surface area contributed by atoms with Crippen LogP contribution in [-0.4, -0.2) is 32.7 Å². The van der Waals surface area contributed by atoms with Gasteiger partial charge in [0.2, 0.25) is 0 Å². The summed E-state index contributed by atoms with van der Waals surface area (Å²) in [5, 5.41) is 2.94. The van der Waals surface area contributed by atoms with Crippen molar-refractivity contribution >= 4 is 21.7 Å². The van der Waals surface area contributed by atoms with Gasteiger partial charge in [0.25, 0.3) is 5.91 Å². The molecule has 1 amide bonds. The highest BCUT2D eigenvalue weighted by atomic mass is 32.2. The predicted molar refractivity (Wildman–Crippen MR) is 112 cm³/mol. The van der Waals surface area contributed by atoms with Crippen LogP contribution < -0.4 is 5.32 Å². The average Bonchev–Trinajstić information content (AvgIpc) is 2.67. The zero-order valence-electron chi connectivity index (χ0n) is 16.9. The fourth-order valence-corrected chi connectivity index (χ4v) is 3.71. The fraction of sp³-hybridized carbons (Fsp3) is 0.364. The van der Waals surface area contributed by atoms with Gasteiger partial charge in [-0.1, -0.05) is 55.8 Å². The van der Waals surface area contributed by atoms with E-state index in [1.54, 1.807) is 12.1 Å². The van der Waals surface area contributed by atoms with Gasteiger partial charge in [0.05, 0.1) is 17.4 Å². The maximum atomic E-state index is 12.5. The Morgan fingerprint density at radius 1 is 1.03 bits per heavy atom. The quantitative estimate of drug-likeness (QED) is 0.632. The van der Waals surface area contributed by atoms with Crippen LogP contribution in [0.2, 0.25) is 0 Å². The molecule has 0 unspecified atom stereocenters. The molecule has 2 aromatic carbocycles. The van der Waals surface area contributed by atoms with Crippen molar-refractivity contribution in [1.82, 2.24) is 5.32 Å². The normalized spacial score (nSPS) is 13.3. The Bertz CT molecular complexity index is 923. The lowest BCUT2D eigenvalue weighted by Gasteiger charge is -2.21. The van der Waals surface area contributed by atoms with Crippen molar-refractivity contribution in [3.8, 4) is 0 Å². The number of esters is 1. The average molecular weight is 418 g/mol. The number of rotatable bonds is 9. The smallest absolute Gasteiger partial charge is 0.338 e. The molecule has 2 atom stereocenters. The standard InChI is InChI=1S/C22H27NO5S/c1-4-8-20(18-9-6-5-7-10-18)23-21(24)16(2)28-22(25)19-13-11-17(12-14-19)15-29(3,26)27/h5-7,9-14,16,20H,4,8,15H2,1-3H3,(H,23,24)/t16-,20-/m0/s1. The summed E-state index contributed by atoms with van der Waals surface area (Å²) in [5.74, 6) is -1.10. The predicted octanol–water partition coefficient (Wildman–Crippen LogP) is 3.43. The lowest BCUT2D eigenvalue weighted by Crippen LogP contribution is -2.38. The minimum Gasteiger partial charge on any atom is -0.449 e. The van der Waals surface area contributed by atoms with Crippen LogP contribution >= 0.6 is 0 Å². The Labute approximate surface area is 172 Å². The number of hydrogen-bond donors (Lipinski definition) is 1. The zero-order chi connectivity index (χ0) is 21.4. The van der Waals surface area contributed by atoms with E-state index in [-0.39, 0.29) is 23.3 Å². The summed E-state index contributed by atoms with van der Waals surface area (Å²) in [7, 11) is -3.15. The SMILES string of the molecule is CCC[C@H](NC(=O)[C@H](C)OC(=O)c1ccc(CS(C)(=O)=O)cc1)c1ccccc1. The first kappa shape index (κ1) is 22.6. The van der Waals surface area contributed by atoms with Crippen molar-refractivity contribution in [2.75, 3.05) is 6.26 Å². The number of carbonyl (C=O) groups is 2. The fourth-order valence-electron chi connectivity index (χ4n) is 2.91. The Hall–Kier alpha value is -2.67. The molecule has 0 aliphatic rings. The van der Waals surface area contributed by atoms with Crippen LogP contribution in [0.4, 0.5) is 0 Å². The number of amides is 1. The second-order valence-corrected chi connectivity index (χ2v) is 9.22. The molecular weight excluding hydrogens is 390 g/mol. The molecule has 156 valence electrons. The molecule has 0 aliphatic heterocycles. The molecule has 7 heteroatoms. The maximum Gasteiger partial charge on any atom is 0.338 e. The molecule has 6 nitrogen and oxygen atoms in total. The molecule has 0 fully saturated rings. The van der Waals surface area contributed by atoms with Crippen LogP contribution in [0.1, 0.15) is 54.2 Å². The van der Waals surface area contributed by atoms with E-state index in [0.717, 1.165) is 24.7 Å². The Kier molecular flexibility index (Phi) is 7.96. The van der Waals surface area contributed by atoms with E-state index < -0.39 is 21.9 Å². The lowest BCUT2D eigenvalue weighted by molar-refractivity contribution is -0.129. The number of carbonyl (C=O) groups excluding carboxylic acids is 2. The molecule has 0 aliphatic carbocycles. The van der Waals surface area contributed by atoms with Crippen molar-refractivity contribution in [2.45, 2.75) is 44.6 Å². The molecule has 1 N–H and O–H groups in total. The van der Waals surface area contributed by atoms with Gasteiger partial charge in [-0.15, -0.1) is 0 Å². The summed E-state index contributed by atoms with van der Waals surface area (Å²) in [6.07, 6.45) is 1.87. The van der Waals surface area contributed by atoms with Gasteiger partial charge in [-0.25, -0.2) is 13.2 Å². The Balaban J connectivity index is 1.98. The van der Waals surface area contributed by atoms with E-state index in [2.05, 4.69) is 5.32 Å². The van der Waals surface area contributed by atoms with E-state index in [1.165, 1.54) is 19.1 Å². The third-order valence-corrected chi connectivity index (χ3v) is 5.23. The lowest BCUT2D eigenvalue weighted by atomic mass is 10.0. The number of hydrogen-bond acceptors (Lipinski definition) is 5. The molecule has 0 heterocycles. The number of ether oxygens (including phenoxy) is 1. The number of nitrogens with one attached hydrogen (secondary N) is 1. The summed E-state index contributed by atoms with van der Waals surface area (Å²) in [4.78, 5) is 24.8. The first-order chi connectivity index (χ1) is 13.7. The third-order valence-electron chi connectivity index (χ3n) is 4.37. The highest BCUT2D eigenvalue weighted by Gasteiger charge is 2.22. The number of benzene rings is 2. The highest BCUT2D eigenvalue weighted by Crippen LogP contribution is 2.18. The molecule has 2 aromatic rings. The van der Waals surface area contributed by atoms with Crippen LogP contribution in [0.3, 0.4) is 0 Å². The molecule has 2 rings (SSSR count). The first-order valence-corrected chi connectivity index (χ1v) is 11.6. The maximum absolute atomic E-state index is 12.5. The van der Waals surface area contributed by atoms with Gasteiger partial charge >= 0.3 is 5.97 Å². The summed E-state index contributed by atoms with van der Waals surface area (Å²) >= 11 is 0. The largest absolute Gasteiger partial charge is 0.449 e. The van der Waals surface area contributed by atoms with Crippen LogP contribution in [0, 0.1) is 0 Å². The van der Waals surface area contributed by atoms with Crippen LogP contribution in [0.5, 0.6) is 0 Å². The van der Waals surface area contributed by atoms with Gasteiger partial charge in [-0.2, -0.15) is 0 Å². The van der Waals surface area contributed by atoms with Crippen LogP contribution in [-0.2, 0) is 25.1 Å². The van der Waals surface area contributed by atoms with E-state index in [4.69, 9.17) is 4.74 Å². The minimum absolute atomic E-state index is 0.0978. The topological polar surface area (TPSA) is 89.5 Å². The monoisotopic (exact) mass is 417 g/mol. The first-order valence-electron chi connectivity index (χ1n) is 9.52. The molecule has 0 bridgehead atoms. The van der Waals surface area contributed by atoms with E-state index in [0.29, 0.717) is 5.56 Å². The Morgan fingerprint density at radius 2 is 1.66 bits per heavy atom. The molecule has 0 radical (unpaired) electrons. The molecule has 0 saturated carbocycles. The third kappa shape index (κ3) is 7.34. The summed E-state index contributed by atoms with van der Waals surface area (Å²) in [6.45, 7) is 3.57. The van der Waals surface area contributed by atoms with Crippen molar-refractivity contribution < 1.29 is 22.7 Å². The van der Waals surface area contributed by atoms with Crippen molar-refractivity contribution in [1.29, 1.82) is 0 Å². The van der Waals surface area contributed by atoms with Gasteiger partial charge in [-0.3, -0.25) is 4.79 Å². The van der Waals surface area contributed by atoms with E-state index >= 15 is 0 Å². The number of sulfone groups is 1.